The first kappa shape index (κ1) is 23.1. The third kappa shape index (κ3) is 27.2. The Morgan fingerprint density at radius 3 is 1.32 bits per heavy atom. The predicted octanol–water partition coefficient (Wildman–Crippen LogP) is 3.34. The second kappa shape index (κ2) is 19.9. The monoisotopic (exact) mass is 320 g/mol. The molecule has 2 N–H and O–H groups in total. The van der Waals surface area contributed by atoms with Gasteiger partial charge < -0.3 is 19.7 Å². The van der Waals surface area contributed by atoms with Crippen LogP contribution in [0.15, 0.2) is 0 Å². The Hall–Kier alpha value is -1.14. The normalized spacial score (nSPS) is 9.91. The van der Waals surface area contributed by atoms with Gasteiger partial charge in [-0.2, -0.15) is 0 Å². The number of hydrogen-bond donors (Lipinski definition) is 2. The summed E-state index contributed by atoms with van der Waals surface area (Å²) in [4.78, 5) is 19.8. The van der Waals surface area contributed by atoms with Gasteiger partial charge in [-0.05, 0) is 25.7 Å². The number of unbranched alkanes of at least 4 members (excludes halogenated alkanes) is 3. The van der Waals surface area contributed by atoms with Gasteiger partial charge in [0.1, 0.15) is 0 Å². The number of carboxylic acid groups (broad SMARTS) is 2. The summed E-state index contributed by atoms with van der Waals surface area (Å²) in [5.41, 5.74) is 0. The highest BCUT2D eigenvalue weighted by molar-refractivity contribution is 5.67. The predicted molar refractivity (Wildman–Crippen MR) is 85.2 cm³/mol. The number of hydrogen-bond acceptors (Lipinski definition) is 4. The molecular formula is C16H32O6. The molecule has 0 aliphatic carbocycles. The van der Waals surface area contributed by atoms with Crippen LogP contribution in [0.4, 0.5) is 0 Å². The molecule has 132 valence electrons. The third-order valence-corrected chi connectivity index (χ3v) is 2.69. The molecule has 0 amide bonds. The minimum atomic E-state index is -0.870. The lowest BCUT2D eigenvalue weighted by atomic mass is 10.2. The van der Waals surface area contributed by atoms with Crippen LogP contribution in [0.25, 0.3) is 0 Å². The lowest BCUT2D eigenvalue weighted by Crippen LogP contribution is -2.05. The highest BCUT2D eigenvalue weighted by atomic mass is 16.5. The van der Waals surface area contributed by atoms with E-state index in [4.69, 9.17) is 19.7 Å². The Morgan fingerprint density at radius 1 is 0.682 bits per heavy atom. The van der Waals surface area contributed by atoms with Crippen molar-refractivity contribution in [1.82, 2.24) is 0 Å². The molecule has 0 heterocycles. The van der Waals surface area contributed by atoms with Gasteiger partial charge >= 0.3 is 11.9 Å². The molecule has 6 heteroatoms. The maximum absolute atomic E-state index is 9.90. The van der Waals surface area contributed by atoms with Crippen molar-refractivity contribution >= 4 is 11.9 Å². The first-order valence-corrected chi connectivity index (χ1v) is 8.13. The van der Waals surface area contributed by atoms with E-state index in [1.165, 1.54) is 12.8 Å². The maximum atomic E-state index is 9.90. The molecule has 0 atom stereocenters. The van der Waals surface area contributed by atoms with Gasteiger partial charge in [0, 0.05) is 26.1 Å². The molecule has 0 rings (SSSR count). The summed E-state index contributed by atoms with van der Waals surface area (Å²) in [5, 5.41) is 16.3. The van der Waals surface area contributed by atoms with E-state index in [1.807, 2.05) is 0 Å². The molecule has 0 unspecified atom stereocenters. The summed E-state index contributed by atoms with van der Waals surface area (Å²) in [6.45, 7) is 7.61. The fraction of sp³-hybridized carbons (Fsp3) is 0.875. The van der Waals surface area contributed by atoms with E-state index in [-0.39, 0.29) is 12.8 Å². The van der Waals surface area contributed by atoms with Crippen LogP contribution >= 0.6 is 0 Å². The van der Waals surface area contributed by atoms with E-state index in [2.05, 4.69) is 13.8 Å². The van der Waals surface area contributed by atoms with Crippen LogP contribution in [0.2, 0.25) is 0 Å². The molecule has 0 aliphatic rings. The largest absolute Gasteiger partial charge is 0.481 e. The molecule has 0 bridgehead atoms. The highest BCUT2D eigenvalue weighted by Gasteiger charge is 1.99. The molecule has 0 saturated heterocycles. The molecule has 0 aliphatic heterocycles. The lowest BCUT2D eigenvalue weighted by molar-refractivity contribution is -0.139. The van der Waals surface area contributed by atoms with Crippen molar-refractivity contribution < 1.29 is 29.3 Å². The summed E-state index contributed by atoms with van der Waals surface area (Å²) >= 11 is 0. The van der Waals surface area contributed by atoms with Crippen LogP contribution < -0.4 is 0 Å². The van der Waals surface area contributed by atoms with Crippen LogP contribution in [-0.2, 0) is 19.1 Å². The molecule has 0 radical (unpaired) electrons. The van der Waals surface area contributed by atoms with Crippen molar-refractivity contribution in [3.05, 3.63) is 0 Å². The van der Waals surface area contributed by atoms with Crippen LogP contribution in [0.1, 0.15) is 65.2 Å². The first-order valence-electron chi connectivity index (χ1n) is 8.13. The molecule has 0 aromatic carbocycles. The van der Waals surface area contributed by atoms with Crippen molar-refractivity contribution in [3.63, 3.8) is 0 Å². The Kier molecular flexibility index (Phi) is 20.9. The Balaban J connectivity index is 0. The molecule has 6 nitrogen and oxygen atoms in total. The van der Waals surface area contributed by atoms with Crippen molar-refractivity contribution in [1.29, 1.82) is 0 Å². The van der Waals surface area contributed by atoms with Gasteiger partial charge in [-0.3, -0.25) is 9.59 Å². The molecule has 0 aromatic heterocycles. The molecule has 0 fully saturated rings. The van der Waals surface area contributed by atoms with Gasteiger partial charge in [-0.1, -0.05) is 26.7 Å². The van der Waals surface area contributed by atoms with Gasteiger partial charge in [0.2, 0.25) is 0 Å². The van der Waals surface area contributed by atoms with Crippen LogP contribution in [0.5, 0.6) is 0 Å². The zero-order chi connectivity index (χ0) is 17.1. The first-order chi connectivity index (χ1) is 10.5. The molecule has 0 spiro atoms. The zero-order valence-electron chi connectivity index (χ0n) is 14.0. The van der Waals surface area contributed by atoms with Gasteiger partial charge in [0.05, 0.1) is 13.2 Å². The fourth-order valence-electron chi connectivity index (χ4n) is 1.37. The van der Waals surface area contributed by atoms with Gasteiger partial charge in [-0.25, -0.2) is 0 Å². The summed E-state index contributed by atoms with van der Waals surface area (Å²) < 4.78 is 10.7. The van der Waals surface area contributed by atoms with Crippen molar-refractivity contribution in [2.24, 2.45) is 0 Å². The zero-order valence-corrected chi connectivity index (χ0v) is 14.0. The smallest absolute Gasteiger partial charge is 0.303 e. The molecule has 0 aromatic rings. The molecule has 0 saturated carbocycles. The van der Waals surface area contributed by atoms with Crippen LogP contribution in [0, 0.1) is 0 Å². The minimum Gasteiger partial charge on any atom is -0.481 e. The average Bonchev–Trinajstić information content (AvgIpc) is 2.47. The number of carbonyl (C=O) groups is 2. The van der Waals surface area contributed by atoms with E-state index in [1.54, 1.807) is 0 Å². The highest BCUT2D eigenvalue weighted by Crippen LogP contribution is 1.98. The molecular weight excluding hydrogens is 288 g/mol. The van der Waals surface area contributed by atoms with E-state index in [9.17, 15) is 9.59 Å². The second-order valence-electron chi connectivity index (χ2n) is 4.93. The van der Waals surface area contributed by atoms with Gasteiger partial charge in [0.15, 0.2) is 0 Å². The second-order valence-corrected chi connectivity index (χ2v) is 4.93. The topological polar surface area (TPSA) is 93.1 Å². The van der Waals surface area contributed by atoms with Crippen molar-refractivity contribution in [2.75, 3.05) is 26.4 Å². The van der Waals surface area contributed by atoms with Crippen molar-refractivity contribution in [2.45, 2.75) is 65.2 Å². The van der Waals surface area contributed by atoms with Crippen LogP contribution in [0.3, 0.4) is 0 Å². The Morgan fingerprint density at radius 2 is 1.05 bits per heavy atom. The van der Waals surface area contributed by atoms with Crippen LogP contribution in [-0.4, -0.2) is 48.6 Å². The van der Waals surface area contributed by atoms with E-state index < -0.39 is 11.9 Å². The van der Waals surface area contributed by atoms with E-state index >= 15 is 0 Å². The number of aliphatic carboxylic acids is 2. The Bertz CT molecular complexity index is 229. The third-order valence-electron chi connectivity index (χ3n) is 2.69. The van der Waals surface area contributed by atoms with Gasteiger partial charge in [-0.15, -0.1) is 0 Å². The minimum absolute atomic E-state index is 0.0628. The summed E-state index contributed by atoms with van der Waals surface area (Å²) in [6, 6.07) is 0. The SMILES string of the molecule is CCCCOCCOCCCC.O=C(O)CCCCC(=O)O. The standard InChI is InChI=1S/C10H22O2.C6H10O4/c1-3-5-7-11-9-10-12-8-6-4-2;7-5(8)3-1-2-4-6(9)10/h3-10H2,1-2H3;1-4H2,(H,7,8)(H,9,10). The summed E-state index contributed by atoms with van der Waals surface area (Å²) in [6.07, 6.45) is 5.75. The number of rotatable bonds is 14. The maximum Gasteiger partial charge on any atom is 0.303 e. The number of carboxylic acids is 2. The quantitative estimate of drug-likeness (QED) is 0.477. The average molecular weight is 320 g/mol. The lowest BCUT2D eigenvalue weighted by Gasteiger charge is -2.03. The summed E-state index contributed by atoms with van der Waals surface area (Å²) in [5.74, 6) is -1.74. The van der Waals surface area contributed by atoms with Crippen molar-refractivity contribution in [3.8, 4) is 0 Å². The Labute approximate surface area is 133 Å². The van der Waals surface area contributed by atoms with Gasteiger partial charge in [0.25, 0.3) is 0 Å². The number of ether oxygens (including phenoxy) is 2. The fourth-order valence-corrected chi connectivity index (χ4v) is 1.37. The molecule has 22 heavy (non-hydrogen) atoms. The summed E-state index contributed by atoms with van der Waals surface area (Å²) in [7, 11) is 0. The van der Waals surface area contributed by atoms with E-state index in [0.717, 1.165) is 39.3 Å². The van der Waals surface area contributed by atoms with E-state index in [0.29, 0.717) is 12.8 Å².